The molecule has 0 rings (SSSR count). The van der Waals surface area contributed by atoms with Crippen LogP contribution in [0.2, 0.25) is 0 Å². The Bertz CT molecular complexity index is 434. The monoisotopic (exact) mass is 318 g/mol. The van der Waals surface area contributed by atoms with Crippen LogP contribution < -0.4 is 0 Å². The second-order valence-corrected chi connectivity index (χ2v) is 3.90. The number of ketones is 2. The third-order valence-corrected chi connectivity index (χ3v) is 2.20. The number of Topliss-reactive ketones (excluding diaryl/α,β-unsaturated/α-hetero) is 2. The first-order valence-corrected chi connectivity index (χ1v) is 6.07. The van der Waals surface area contributed by atoms with Crippen molar-refractivity contribution in [2.75, 3.05) is 13.2 Å². The van der Waals surface area contributed by atoms with E-state index in [0.717, 1.165) is 0 Å². The van der Waals surface area contributed by atoms with E-state index in [0.29, 0.717) is 0 Å². The molecule has 0 aromatic heterocycles. The van der Waals surface area contributed by atoms with Crippen molar-refractivity contribution in [3.8, 4) is 0 Å². The van der Waals surface area contributed by atoms with E-state index in [4.69, 9.17) is 10.2 Å². The van der Waals surface area contributed by atoms with Crippen LogP contribution in [0, 0.1) is 0 Å². The fourth-order valence-corrected chi connectivity index (χ4v) is 1.10. The lowest BCUT2D eigenvalue weighted by Crippen LogP contribution is -2.18. The van der Waals surface area contributed by atoms with Crippen LogP contribution in [0.4, 0.5) is 0 Å². The quantitative estimate of drug-likeness (QED) is 0.273. The number of carboxylic acid groups (broad SMARTS) is 2. The summed E-state index contributed by atoms with van der Waals surface area (Å²) in [5.74, 6) is -7.17. The Morgan fingerprint density at radius 2 is 0.909 bits per heavy atom. The Morgan fingerprint density at radius 3 is 1.18 bits per heavy atom. The summed E-state index contributed by atoms with van der Waals surface area (Å²) in [6, 6.07) is 0. The molecule has 0 bridgehead atoms. The van der Waals surface area contributed by atoms with Crippen molar-refractivity contribution in [3.63, 3.8) is 0 Å². The van der Waals surface area contributed by atoms with Crippen molar-refractivity contribution in [1.29, 1.82) is 0 Å². The van der Waals surface area contributed by atoms with E-state index >= 15 is 0 Å². The van der Waals surface area contributed by atoms with E-state index in [1.807, 2.05) is 0 Å². The summed E-state index contributed by atoms with van der Waals surface area (Å²) in [4.78, 5) is 63.9. The van der Waals surface area contributed by atoms with Gasteiger partial charge in [0.2, 0.25) is 11.6 Å². The summed E-state index contributed by atoms with van der Waals surface area (Å²) in [6.07, 6.45) is -1.81. The molecule has 0 heterocycles. The average molecular weight is 318 g/mol. The maximum absolute atomic E-state index is 11.1. The normalized spacial score (nSPS) is 9.64. The molecule has 0 aliphatic heterocycles. The van der Waals surface area contributed by atoms with Gasteiger partial charge < -0.3 is 19.7 Å². The zero-order chi connectivity index (χ0) is 17.1. The first-order valence-electron chi connectivity index (χ1n) is 6.07. The molecule has 122 valence electrons. The molecule has 0 saturated carbocycles. The van der Waals surface area contributed by atoms with Crippen LogP contribution in [0.15, 0.2) is 0 Å². The minimum Gasteiger partial charge on any atom is -0.476 e. The van der Waals surface area contributed by atoms with Gasteiger partial charge >= 0.3 is 23.9 Å². The largest absolute Gasteiger partial charge is 0.476 e. The minimum absolute atomic E-state index is 0.307. The van der Waals surface area contributed by atoms with Crippen molar-refractivity contribution in [1.82, 2.24) is 0 Å². The zero-order valence-corrected chi connectivity index (χ0v) is 11.4. The molecule has 0 spiro atoms. The van der Waals surface area contributed by atoms with Crippen LogP contribution in [-0.4, -0.2) is 58.9 Å². The lowest BCUT2D eigenvalue weighted by atomic mass is 10.2. The van der Waals surface area contributed by atoms with E-state index in [-0.39, 0.29) is 13.2 Å². The molecule has 0 aliphatic rings. The molecule has 22 heavy (non-hydrogen) atoms. The van der Waals surface area contributed by atoms with Crippen LogP contribution in [0.25, 0.3) is 0 Å². The molecule has 0 radical (unpaired) electrons. The molecular formula is C12H14O10. The minimum atomic E-state index is -1.64. The van der Waals surface area contributed by atoms with E-state index < -0.39 is 61.1 Å². The van der Waals surface area contributed by atoms with Gasteiger partial charge in [0.05, 0.1) is 12.8 Å². The summed E-state index contributed by atoms with van der Waals surface area (Å²) in [5, 5.41) is 16.5. The van der Waals surface area contributed by atoms with Crippen LogP contribution >= 0.6 is 0 Å². The summed E-state index contributed by atoms with van der Waals surface area (Å²) in [7, 11) is 0. The number of aliphatic carboxylic acids is 2. The Kier molecular flexibility index (Phi) is 8.75. The second-order valence-electron chi connectivity index (χ2n) is 3.90. The molecule has 0 atom stereocenters. The van der Waals surface area contributed by atoms with Gasteiger partial charge in [-0.15, -0.1) is 0 Å². The fraction of sp³-hybridized carbons (Fsp3) is 0.500. The van der Waals surface area contributed by atoms with Gasteiger partial charge in [0.1, 0.15) is 13.2 Å². The maximum Gasteiger partial charge on any atom is 0.372 e. The van der Waals surface area contributed by atoms with Gasteiger partial charge in [0.25, 0.3) is 0 Å². The molecule has 0 fully saturated rings. The van der Waals surface area contributed by atoms with E-state index in [9.17, 15) is 28.8 Å². The third kappa shape index (κ3) is 9.18. The number of esters is 2. The number of hydrogen-bond donors (Lipinski definition) is 2. The number of hydrogen-bond acceptors (Lipinski definition) is 8. The standard InChI is InChI=1S/C12H14O10/c13-7(11(17)18)1-3-9(15)21-5-6-22-10(16)4-2-8(14)12(19)20/h1-6H2,(H,17,18)(H,19,20). The third-order valence-electron chi connectivity index (χ3n) is 2.20. The van der Waals surface area contributed by atoms with Crippen molar-refractivity contribution >= 4 is 35.4 Å². The molecule has 0 aromatic rings. The zero-order valence-electron chi connectivity index (χ0n) is 11.4. The highest BCUT2D eigenvalue weighted by atomic mass is 16.6. The predicted octanol–water partition coefficient (Wildman–Crippen LogP) is -1.06. The van der Waals surface area contributed by atoms with E-state index in [2.05, 4.69) is 9.47 Å². The Labute approximate surface area is 124 Å². The fourth-order valence-electron chi connectivity index (χ4n) is 1.10. The first kappa shape index (κ1) is 19.2. The lowest BCUT2D eigenvalue weighted by Gasteiger charge is -2.05. The smallest absolute Gasteiger partial charge is 0.372 e. The van der Waals surface area contributed by atoms with Crippen LogP contribution in [0.5, 0.6) is 0 Å². The van der Waals surface area contributed by atoms with Gasteiger partial charge in [0, 0.05) is 12.8 Å². The molecule has 0 amide bonds. The number of carbonyl (C=O) groups excluding carboxylic acids is 4. The predicted molar refractivity (Wildman–Crippen MR) is 65.7 cm³/mol. The Morgan fingerprint density at radius 1 is 0.591 bits per heavy atom. The van der Waals surface area contributed by atoms with Gasteiger partial charge in [-0.05, 0) is 0 Å². The maximum atomic E-state index is 11.1. The molecule has 10 nitrogen and oxygen atoms in total. The SMILES string of the molecule is O=C(CCC(=O)C(=O)O)OCCOC(=O)CCC(=O)C(=O)O. The highest BCUT2D eigenvalue weighted by Crippen LogP contribution is 1.97. The average Bonchev–Trinajstić information content (AvgIpc) is 2.46. The second kappa shape index (κ2) is 10.0. The molecule has 2 N–H and O–H groups in total. The van der Waals surface area contributed by atoms with E-state index in [1.165, 1.54) is 0 Å². The van der Waals surface area contributed by atoms with Crippen LogP contribution in [-0.2, 0) is 38.2 Å². The number of rotatable bonds is 11. The van der Waals surface area contributed by atoms with E-state index in [1.54, 1.807) is 0 Å². The summed E-state index contributed by atoms with van der Waals surface area (Å²) in [5.41, 5.74) is 0. The van der Waals surface area contributed by atoms with Gasteiger partial charge in [-0.3, -0.25) is 19.2 Å². The lowest BCUT2D eigenvalue weighted by molar-refractivity contribution is -0.154. The van der Waals surface area contributed by atoms with Crippen LogP contribution in [0.3, 0.4) is 0 Å². The number of carbonyl (C=O) groups is 6. The number of carboxylic acids is 2. The topological polar surface area (TPSA) is 161 Å². The highest BCUT2D eigenvalue weighted by Gasteiger charge is 2.15. The molecule has 0 aliphatic carbocycles. The highest BCUT2D eigenvalue weighted by molar-refractivity contribution is 6.33. The summed E-state index contributed by atoms with van der Waals surface area (Å²) >= 11 is 0. The van der Waals surface area contributed by atoms with Crippen molar-refractivity contribution in [3.05, 3.63) is 0 Å². The Hall–Kier alpha value is -2.78. The molecular weight excluding hydrogens is 304 g/mol. The van der Waals surface area contributed by atoms with Gasteiger partial charge in [-0.25, -0.2) is 9.59 Å². The Balaban J connectivity index is 3.71. The first-order chi connectivity index (χ1) is 10.2. The van der Waals surface area contributed by atoms with Gasteiger partial charge in [-0.1, -0.05) is 0 Å². The van der Waals surface area contributed by atoms with Crippen molar-refractivity contribution < 1.29 is 48.5 Å². The molecule has 0 aromatic carbocycles. The summed E-state index contributed by atoms with van der Waals surface area (Å²) in [6.45, 7) is -0.614. The summed E-state index contributed by atoms with van der Waals surface area (Å²) < 4.78 is 9.13. The molecule has 0 saturated heterocycles. The van der Waals surface area contributed by atoms with Crippen molar-refractivity contribution in [2.24, 2.45) is 0 Å². The number of ether oxygens (including phenoxy) is 2. The van der Waals surface area contributed by atoms with Gasteiger partial charge in [0.15, 0.2) is 0 Å². The van der Waals surface area contributed by atoms with Crippen molar-refractivity contribution in [2.45, 2.75) is 25.7 Å². The molecule has 0 unspecified atom stereocenters. The van der Waals surface area contributed by atoms with Crippen LogP contribution in [0.1, 0.15) is 25.7 Å². The molecule has 10 heteroatoms. The van der Waals surface area contributed by atoms with Gasteiger partial charge in [-0.2, -0.15) is 0 Å².